The van der Waals surface area contributed by atoms with E-state index in [2.05, 4.69) is 17.4 Å². The maximum Gasteiger partial charge on any atom is 0.244 e. The standard InChI is InChI=1S/C34H47N3O5S/c1-23(32(39)35-33(2,3)4)36(21-24-7-13-30(42-5)14-8-24)31(38)22-37(43(6,40)41)29-11-9-28(10-12-29)34-18-25-15-26(19-34)17-27(16-25)20-34/h7-14,23,25-27H,15-22H2,1-6H3,(H,35,39)/t23-,25?,26?,27?,34?/m1/s1. The number of carbonyl (C=O) groups is 2. The molecule has 1 atom stereocenters. The van der Waals surface area contributed by atoms with Crippen molar-refractivity contribution < 1.29 is 22.7 Å². The summed E-state index contributed by atoms with van der Waals surface area (Å²) >= 11 is 0. The van der Waals surface area contributed by atoms with Gasteiger partial charge in [-0.05, 0) is 125 Å². The summed E-state index contributed by atoms with van der Waals surface area (Å²) in [4.78, 5) is 28.6. The zero-order chi connectivity index (χ0) is 31.2. The van der Waals surface area contributed by atoms with E-state index in [0.717, 1.165) is 33.9 Å². The molecular weight excluding hydrogens is 562 g/mol. The number of benzene rings is 2. The quantitative estimate of drug-likeness (QED) is 0.397. The minimum absolute atomic E-state index is 0.143. The zero-order valence-corrected chi connectivity index (χ0v) is 27.2. The Balaban J connectivity index is 1.39. The number of ether oxygens (including phenoxy) is 1. The monoisotopic (exact) mass is 609 g/mol. The minimum atomic E-state index is -3.79. The van der Waals surface area contributed by atoms with Gasteiger partial charge in [0.05, 0.1) is 19.1 Å². The number of anilines is 1. The van der Waals surface area contributed by atoms with E-state index < -0.39 is 34.1 Å². The molecule has 0 heterocycles. The Kier molecular flexibility index (Phi) is 8.60. The number of rotatable bonds is 10. The normalized spacial score (nSPS) is 25.2. The maximum atomic E-state index is 13.9. The Bertz CT molecular complexity index is 1390. The molecule has 9 heteroatoms. The third kappa shape index (κ3) is 7.03. The van der Waals surface area contributed by atoms with E-state index in [1.807, 2.05) is 45.0 Å². The molecule has 0 aliphatic heterocycles. The first-order chi connectivity index (χ1) is 20.2. The molecule has 0 unspecified atom stereocenters. The Labute approximate surface area is 257 Å². The van der Waals surface area contributed by atoms with E-state index in [9.17, 15) is 18.0 Å². The van der Waals surface area contributed by atoms with Crippen LogP contribution in [0.3, 0.4) is 0 Å². The van der Waals surface area contributed by atoms with Crippen molar-refractivity contribution in [2.45, 2.75) is 89.8 Å². The molecule has 4 fully saturated rings. The van der Waals surface area contributed by atoms with Gasteiger partial charge in [0.2, 0.25) is 21.8 Å². The molecule has 4 aliphatic rings. The van der Waals surface area contributed by atoms with Crippen LogP contribution in [0.4, 0.5) is 5.69 Å². The molecular formula is C34H47N3O5S. The number of nitrogens with zero attached hydrogens (tertiary/aromatic N) is 2. The highest BCUT2D eigenvalue weighted by Crippen LogP contribution is 2.60. The summed E-state index contributed by atoms with van der Waals surface area (Å²) < 4.78 is 32.6. The Morgan fingerprint density at radius 3 is 1.95 bits per heavy atom. The van der Waals surface area contributed by atoms with Crippen LogP contribution >= 0.6 is 0 Å². The van der Waals surface area contributed by atoms with Gasteiger partial charge >= 0.3 is 0 Å². The van der Waals surface area contributed by atoms with Crippen LogP contribution < -0.4 is 14.4 Å². The van der Waals surface area contributed by atoms with Crippen LogP contribution in [0.15, 0.2) is 48.5 Å². The lowest BCUT2D eigenvalue weighted by molar-refractivity contribution is -0.140. The molecule has 0 saturated heterocycles. The van der Waals surface area contributed by atoms with Crippen molar-refractivity contribution in [3.05, 3.63) is 59.7 Å². The summed E-state index contributed by atoms with van der Waals surface area (Å²) in [6.45, 7) is 7.06. The molecule has 43 heavy (non-hydrogen) atoms. The predicted octanol–water partition coefficient (Wildman–Crippen LogP) is 5.26. The highest BCUT2D eigenvalue weighted by molar-refractivity contribution is 7.92. The summed E-state index contributed by atoms with van der Waals surface area (Å²) in [6.07, 6.45) is 8.88. The Morgan fingerprint density at radius 2 is 1.49 bits per heavy atom. The van der Waals surface area contributed by atoms with Crippen molar-refractivity contribution in [3.63, 3.8) is 0 Å². The van der Waals surface area contributed by atoms with Gasteiger partial charge in [-0.15, -0.1) is 0 Å². The molecule has 2 aromatic rings. The second-order valence-corrected chi connectivity index (χ2v) is 16.2. The second kappa shape index (κ2) is 11.8. The first kappa shape index (κ1) is 31.4. The second-order valence-electron chi connectivity index (χ2n) is 14.3. The van der Waals surface area contributed by atoms with Crippen molar-refractivity contribution >= 4 is 27.5 Å². The van der Waals surface area contributed by atoms with Crippen molar-refractivity contribution in [2.24, 2.45) is 17.8 Å². The number of methoxy groups -OCH3 is 1. The summed E-state index contributed by atoms with van der Waals surface area (Å²) in [5, 5.41) is 2.95. The lowest BCUT2D eigenvalue weighted by atomic mass is 9.48. The first-order valence-electron chi connectivity index (χ1n) is 15.5. The van der Waals surface area contributed by atoms with Gasteiger partial charge in [-0.2, -0.15) is 0 Å². The maximum absolute atomic E-state index is 13.9. The summed E-state index contributed by atoms with van der Waals surface area (Å²) in [5.74, 6) is 2.35. The summed E-state index contributed by atoms with van der Waals surface area (Å²) in [7, 11) is -2.21. The van der Waals surface area contributed by atoms with E-state index in [4.69, 9.17) is 4.74 Å². The topological polar surface area (TPSA) is 96.0 Å². The lowest BCUT2D eigenvalue weighted by Crippen LogP contribution is -2.54. The molecule has 0 radical (unpaired) electrons. The highest BCUT2D eigenvalue weighted by Gasteiger charge is 2.51. The molecule has 0 spiro atoms. The average molecular weight is 610 g/mol. The van der Waals surface area contributed by atoms with Crippen LogP contribution in [0.2, 0.25) is 0 Å². The molecule has 234 valence electrons. The van der Waals surface area contributed by atoms with Crippen LogP contribution in [-0.2, 0) is 31.6 Å². The van der Waals surface area contributed by atoms with Crippen LogP contribution in [0.5, 0.6) is 5.75 Å². The fourth-order valence-corrected chi connectivity index (χ4v) is 8.89. The highest BCUT2D eigenvalue weighted by atomic mass is 32.2. The number of hydrogen-bond donors (Lipinski definition) is 1. The van der Waals surface area contributed by atoms with Gasteiger partial charge < -0.3 is 15.0 Å². The molecule has 8 nitrogen and oxygen atoms in total. The molecule has 4 aliphatic carbocycles. The van der Waals surface area contributed by atoms with Gasteiger partial charge in [-0.1, -0.05) is 24.3 Å². The fraction of sp³-hybridized carbons (Fsp3) is 0.588. The van der Waals surface area contributed by atoms with E-state index in [1.165, 1.54) is 49.0 Å². The molecule has 1 N–H and O–H groups in total. The van der Waals surface area contributed by atoms with Crippen molar-refractivity contribution in [1.82, 2.24) is 10.2 Å². The number of amides is 2. The van der Waals surface area contributed by atoms with Gasteiger partial charge in [0.1, 0.15) is 18.3 Å². The molecule has 2 aromatic carbocycles. The Hall–Kier alpha value is -3.07. The van der Waals surface area contributed by atoms with Gasteiger partial charge in [-0.25, -0.2) is 8.42 Å². The van der Waals surface area contributed by atoms with Crippen LogP contribution in [0.25, 0.3) is 0 Å². The number of nitrogens with one attached hydrogen (secondary N) is 1. The van der Waals surface area contributed by atoms with Crippen molar-refractivity contribution in [3.8, 4) is 5.75 Å². The van der Waals surface area contributed by atoms with Crippen molar-refractivity contribution in [1.29, 1.82) is 0 Å². The summed E-state index contributed by atoms with van der Waals surface area (Å²) in [5.41, 5.74) is 2.26. The molecule has 0 aromatic heterocycles. The first-order valence-corrected chi connectivity index (χ1v) is 17.3. The number of hydrogen-bond acceptors (Lipinski definition) is 5. The van der Waals surface area contributed by atoms with Crippen LogP contribution in [-0.4, -0.2) is 56.6 Å². The zero-order valence-electron chi connectivity index (χ0n) is 26.4. The molecule has 6 rings (SSSR count). The number of carbonyl (C=O) groups excluding carboxylic acids is 2. The smallest absolute Gasteiger partial charge is 0.244 e. The van der Waals surface area contributed by atoms with Gasteiger partial charge in [0.15, 0.2) is 0 Å². The third-order valence-electron chi connectivity index (χ3n) is 9.66. The van der Waals surface area contributed by atoms with Crippen LogP contribution in [0.1, 0.15) is 77.3 Å². The van der Waals surface area contributed by atoms with Gasteiger partial charge in [-0.3, -0.25) is 13.9 Å². The molecule has 4 bridgehead atoms. The predicted molar refractivity (Wildman–Crippen MR) is 169 cm³/mol. The van der Waals surface area contributed by atoms with E-state index in [1.54, 1.807) is 26.2 Å². The van der Waals surface area contributed by atoms with Crippen molar-refractivity contribution in [2.75, 3.05) is 24.2 Å². The molecule has 4 saturated carbocycles. The average Bonchev–Trinajstić information content (AvgIpc) is 2.92. The van der Waals surface area contributed by atoms with E-state index >= 15 is 0 Å². The van der Waals surface area contributed by atoms with Gasteiger partial charge in [0.25, 0.3) is 0 Å². The number of sulfonamides is 1. The Morgan fingerprint density at radius 1 is 0.953 bits per heavy atom. The lowest BCUT2D eigenvalue weighted by Gasteiger charge is -2.57. The minimum Gasteiger partial charge on any atom is -0.497 e. The van der Waals surface area contributed by atoms with Gasteiger partial charge in [0, 0.05) is 12.1 Å². The fourth-order valence-electron chi connectivity index (χ4n) is 8.04. The largest absolute Gasteiger partial charge is 0.497 e. The molecule has 2 amide bonds. The SMILES string of the molecule is COc1ccc(CN(C(=O)CN(c2ccc(C34CC5CC(CC(C5)C3)C4)cc2)S(C)(=O)=O)[C@H](C)C(=O)NC(C)(C)C)cc1. The summed E-state index contributed by atoms with van der Waals surface area (Å²) in [6, 6.07) is 14.3. The van der Waals surface area contributed by atoms with E-state index in [0.29, 0.717) is 11.4 Å². The van der Waals surface area contributed by atoms with E-state index in [-0.39, 0.29) is 17.9 Å². The van der Waals surface area contributed by atoms with Crippen LogP contribution in [0, 0.1) is 17.8 Å². The third-order valence-corrected chi connectivity index (χ3v) is 10.8.